The van der Waals surface area contributed by atoms with E-state index in [2.05, 4.69) is 17.2 Å². The Morgan fingerprint density at radius 3 is 2.64 bits per heavy atom. The van der Waals surface area contributed by atoms with Gasteiger partial charge in [0.15, 0.2) is 0 Å². The number of hydrogen-bond acceptors (Lipinski definition) is 3. The second-order valence-electron chi connectivity index (χ2n) is 2.02. The highest BCUT2D eigenvalue weighted by Crippen LogP contribution is 1.73. The van der Waals surface area contributed by atoms with Crippen LogP contribution in [-0.2, 0) is 4.79 Å². The minimum atomic E-state index is -0.353. The van der Waals surface area contributed by atoms with Crippen molar-refractivity contribution in [2.24, 2.45) is 0 Å². The first-order valence-corrected chi connectivity index (χ1v) is 3.86. The van der Waals surface area contributed by atoms with E-state index < -0.39 is 0 Å². The van der Waals surface area contributed by atoms with E-state index in [1.807, 2.05) is 0 Å². The molecule has 0 bridgehead atoms. The predicted molar refractivity (Wildman–Crippen MR) is 46.8 cm³/mol. The molecule has 0 saturated heterocycles. The fourth-order valence-electron chi connectivity index (χ4n) is 0.568. The Balaban J connectivity index is 2.90. The third-order valence-corrected chi connectivity index (χ3v) is 1.16. The van der Waals surface area contributed by atoms with Crippen LogP contribution < -0.4 is 10.6 Å². The molecular weight excluding hydrogens is 164 g/mol. The molecular formula is C7H13ClN2O. The quantitative estimate of drug-likeness (QED) is 0.329. The first-order chi connectivity index (χ1) is 5.27. The molecule has 0 rings (SSSR count). The first-order valence-electron chi connectivity index (χ1n) is 3.48. The van der Waals surface area contributed by atoms with Gasteiger partial charge in [-0.1, -0.05) is 6.08 Å². The molecule has 11 heavy (non-hydrogen) atoms. The molecule has 0 aliphatic rings. The van der Waals surface area contributed by atoms with Crippen molar-refractivity contribution in [3.05, 3.63) is 12.7 Å². The summed E-state index contributed by atoms with van der Waals surface area (Å²) in [7, 11) is 0. The Hall–Kier alpha value is -0.380. The third kappa shape index (κ3) is 9.62. The molecule has 0 aromatic heterocycles. The number of carbonyl (C=O) groups excluding carboxylic acids is 1. The van der Waals surface area contributed by atoms with Crippen molar-refractivity contribution in [2.45, 2.75) is 0 Å². The normalized spacial score (nSPS) is 9.55. The van der Waals surface area contributed by atoms with Gasteiger partial charge < -0.3 is 10.6 Å². The van der Waals surface area contributed by atoms with Crippen molar-refractivity contribution in [1.29, 1.82) is 0 Å². The van der Waals surface area contributed by atoms with Gasteiger partial charge in [0, 0.05) is 19.6 Å². The number of nitrogens with one attached hydrogen (secondary N) is 2. The van der Waals surface area contributed by atoms with Gasteiger partial charge in [-0.05, 0) is 11.6 Å². The maximum Gasteiger partial charge on any atom is 0.235 e. The molecule has 0 aromatic rings. The summed E-state index contributed by atoms with van der Waals surface area (Å²) in [6.07, 6.45) is 1.78. The molecule has 0 atom stereocenters. The minimum absolute atomic E-state index is 0.233. The lowest BCUT2D eigenvalue weighted by atomic mass is 10.5. The summed E-state index contributed by atoms with van der Waals surface area (Å²) in [5.41, 5.74) is 0. The molecule has 4 heteroatoms. The fourth-order valence-corrected chi connectivity index (χ4v) is 0.662. The van der Waals surface area contributed by atoms with E-state index in [9.17, 15) is 4.79 Å². The summed E-state index contributed by atoms with van der Waals surface area (Å²) < 4.78 is 0. The smallest absolute Gasteiger partial charge is 0.235 e. The van der Waals surface area contributed by atoms with Crippen molar-refractivity contribution >= 4 is 16.8 Å². The lowest BCUT2D eigenvalue weighted by Crippen LogP contribution is -2.29. The second-order valence-corrected chi connectivity index (χ2v) is 2.45. The molecule has 0 saturated carbocycles. The molecule has 64 valence electrons. The summed E-state index contributed by atoms with van der Waals surface area (Å²) in [5, 5.41) is 5.59. The standard InChI is InChI=1S/C7H13ClN2O/c1-2-3-9-4-5-10-6-7(8)11/h2,9-10H,1,3-6H2. The second kappa shape index (κ2) is 7.72. The predicted octanol–water partition coefficient (Wildman–Crippen LogP) is 0.117. The van der Waals surface area contributed by atoms with E-state index in [0.717, 1.165) is 19.6 Å². The van der Waals surface area contributed by atoms with Gasteiger partial charge in [0.2, 0.25) is 5.24 Å². The van der Waals surface area contributed by atoms with Crippen molar-refractivity contribution < 1.29 is 4.79 Å². The van der Waals surface area contributed by atoms with Crippen LogP contribution in [0.1, 0.15) is 0 Å². The molecule has 3 nitrogen and oxygen atoms in total. The van der Waals surface area contributed by atoms with Gasteiger partial charge in [-0.3, -0.25) is 4.79 Å². The minimum Gasteiger partial charge on any atom is -0.312 e. The van der Waals surface area contributed by atoms with Gasteiger partial charge in [0.05, 0.1) is 6.54 Å². The molecule has 0 radical (unpaired) electrons. The molecule has 0 heterocycles. The zero-order chi connectivity index (χ0) is 8.53. The van der Waals surface area contributed by atoms with E-state index in [1.165, 1.54) is 0 Å². The van der Waals surface area contributed by atoms with Gasteiger partial charge in [-0.2, -0.15) is 0 Å². The maximum atomic E-state index is 10.2. The SMILES string of the molecule is C=CCNCCNCC(=O)Cl. The molecule has 0 fully saturated rings. The van der Waals surface area contributed by atoms with E-state index in [-0.39, 0.29) is 11.8 Å². The van der Waals surface area contributed by atoms with Gasteiger partial charge in [-0.25, -0.2) is 0 Å². The summed E-state index contributed by atoms with van der Waals surface area (Å²) in [6.45, 7) is 6.13. The zero-order valence-electron chi connectivity index (χ0n) is 6.40. The third-order valence-electron chi connectivity index (χ3n) is 1.03. The van der Waals surface area contributed by atoms with E-state index in [4.69, 9.17) is 11.6 Å². The number of halogens is 1. The fraction of sp³-hybridized carbons (Fsp3) is 0.571. The first kappa shape index (κ1) is 10.6. The average molecular weight is 177 g/mol. The summed E-state index contributed by atoms with van der Waals surface area (Å²) in [5.74, 6) is 0. The van der Waals surface area contributed by atoms with E-state index >= 15 is 0 Å². The van der Waals surface area contributed by atoms with Crippen LogP contribution >= 0.6 is 11.6 Å². The van der Waals surface area contributed by atoms with Crippen molar-refractivity contribution in [3.8, 4) is 0 Å². The van der Waals surface area contributed by atoms with E-state index in [1.54, 1.807) is 6.08 Å². The van der Waals surface area contributed by atoms with Crippen molar-refractivity contribution in [3.63, 3.8) is 0 Å². The van der Waals surface area contributed by atoms with E-state index in [0.29, 0.717) is 0 Å². The molecule has 0 amide bonds. The number of carbonyl (C=O) groups is 1. The Kier molecular flexibility index (Phi) is 7.46. The lowest BCUT2D eigenvalue weighted by Gasteiger charge is -2.01. The zero-order valence-corrected chi connectivity index (χ0v) is 7.16. The Morgan fingerprint density at radius 2 is 2.09 bits per heavy atom. The van der Waals surface area contributed by atoms with Crippen molar-refractivity contribution in [2.75, 3.05) is 26.2 Å². The molecule has 0 aliphatic heterocycles. The largest absolute Gasteiger partial charge is 0.312 e. The van der Waals surface area contributed by atoms with Crippen LogP contribution in [0.15, 0.2) is 12.7 Å². The van der Waals surface area contributed by atoms with Crippen LogP contribution in [-0.4, -0.2) is 31.4 Å². The highest BCUT2D eigenvalue weighted by atomic mass is 35.5. The summed E-state index contributed by atoms with van der Waals surface area (Å²) in [4.78, 5) is 10.2. The van der Waals surface area contributed by atoms with Gasteiger partial charge >= 0.3 is 0 Å². The molecule has 2 N–H and O–H groups in total. The lowest BCUT2D eigenvalue weighted by molar-refractivity contribution is -0.110. The molecule has 0 spiro atoms. The topological polar surface area (TPSA) is 41.1 Å². The Bertz CT molecular complexity index is 128. The van der Waals surface area contributed by atoms with Crippen LogP contribution in [0.5, 0.6) is 0 Å². The molecule has 0 aromatic carbocycles. The van der Waals surface area contributed by atoms with Crippen LogP contribution in [0.2, 0.25) is 0 Å². The number of rotatable bonds is 7. The average Bonchev–Trinajstić information content (AvgIpc) is 1.96. The Labute approximate surface area is 71.8 Å². The van der Waals surface area contributed by atoms with Crippen LogP contribution in [0.25, 0.3) is 0 Å². The van der Waals surface area contributed by atoms with Crippen LogP contribution in [0.4, 0.5) is 0 Å². The number of hydrogen-bond donors (Lipinski definition) is 2. The Morgan fingerprint density at radius 1 is 1.45 bits per heavy atom. The van der Waals surface area contributed by atoms with Gasteiger partial charge in [0.25, 0.3) is 0 Å². The summed E-state index contributed by atoms with van der Waals surface area (Å²) in [6, 6.07) is 0. The molecule has 0 aliphatic carbocycles. The molecule has 0 unspecified atom stereocenters. The highest BCUT2D eigenvalue weighted by molar-refractivity contribution is 6.64. The van der Waals surface area contributed by atoms with Gasteiger partial charge in [-0.15, -0.1) is 6.58 Å². The van der Waals surface area contributed by atoms with Crippen molar-refractivity contribution in [1.82, 2.24) is 10.6 Å². The summed E-state index contributed by atoms with van der Waals surface area (Å²) >= 11 is 5.08. The maximum absolute atomic E-state index is 10.2. The highest BCUT2D eigenvalue weighted by Gasteiger charge is 1.92. The monoisotopic (exact) mass is 176 g/mol. The van der Waals surface area contributed by atoms with Gasteiger partial charge in [0.1, 0.15) is 0 Å². The van der Waals surface area contributed by atoms with Crippen LogP contribution in [0, 0.1) is 0 Å². The van der Waals surface area contributed by atoms with Crippen LogP contribution in [0.3, 0.4) is 0 Å².